The van der Waals surface area contributed by atoms with Gasteiger partial charge < -0.3 is 5.32 Å². The number of thiocarbonyl (C=S) groups is 2. The minimum Gasteiger partial charge on any atom is -0.345 e. The molecular formula is C4H7NS2. The second kappa shape index (κ2) is 3.04. The number of nitrogens with one attached hydrogen (secondary N) is 1. The lowest BCUT2D eigenvalue weighted by molar-refractivity contribution is 1.41. The zero-order valence-corrected chi connectivity index (χ0v) is 5.95. The fourth-order valence-electron chi connectivity index (χ4n) is 0.248. The van der Waals surface area contributed by atoms with Gasteiger partial charge in [-0.2, -0.15) is 0 Å². The Balaban J connectivity index is 3.32. The molecular weight excluding hydrogens is 126 g/mol. The van der Waals surface area contributed by atoms with Gasteiger partial charge in [0, 0.05) is 0 Å². The van der Waals surface area contributed by atoms with Crippen molar-refractivity contribution < 1.29 is 0 Å². The summed E-state index contributed by atoms with van der Waals surface area (Å²) in [7, 11) is 0. The van der Waals surface area contributed by atoms with Gasteiger partial charge in [-0.1, -0.05) is 24.4 Å². The molecule has 0 radical (unpaired) electrons. The van der Waals surface area contributed by atoms with Crippen molar-refractivity contribution in [3.8, 4) is 0 Å². The van der Waals surface area contributed by atoms with Crippen LogP contribution in [0.4, 0.5) is 0 Å². The molecule has 0 spiro atoms. The Morgan fingerprint density at radius 3 is 1.43 bits per heavy atom. The zero-order valence-electron chi connectivity index (χ0n) is 4.32. The molecule has 0 rings (SSSR count). The van der Waals surface area contributed by atoms with Crippen molar-refractivity contribution in [2.45, 2.75) is 13.8 Å². The van der Waals surface area contributed by atoms with Crippen LogP contribution < -0.4 is 5.32 Å². The Kier molecular flexibility index (Phi) is 3.04. The Bertz CT molecular complexity index is 85.9. The van der Waals surface area contributed by atoms with Crippen molar-refractivity contribution in [1.29, 1.82) is 0 Å². The van der Waals surface area contributed by atoms with Gasteiger partial charge in [0.15, 0.2) is 0 Å². The lowest BCUT2D eigenvalue weighted by atomic mass is 10.7. The Hall–Kier alpha value is -0.0200. The first kappa shape index (κ1) is 6.98. The highest BCUT2D eigenvalue weighted by atomic mass is 32.1. The summed E-state index contributed by atoms with van der Waals surface area (Å²) >= 11 is 9.35. The van der Waals surface area contributed by atoms with Crippen LogP contribution in [0, 0.1) is 0 Å². The second-order valence-corrected chi connectivity index (χ2v) is 2.46. The molecule has 7 heavy (non-hydrogen) atoms. The van der Waals surface area contributed by atoms with Crippen LogP contribution in [0.3, 0.4) is 0 Å². The van der Waals surface area contributed by atoms with Crippen molar-refractivity contribution in [2.75, 3.05) is 0 Å². The van der Waals surface area contributed by atoms with Crippen LogP contribution in [0.1, 0.15) is 13.8 Å². The molecule has 0 aliphatic carbocycles. The first-order valence-electron chi connectivity index (χ1n) is 1.91. The lowest BCUT2D eigenvalue weighted by Crippen LogP contribution is -2.21. The van der Waals surface area contributed by atoms with Gasteiger partial charge in [0.25, 0.3) is 0 Å². The van der Waals surface area contributed by atoms with Crippen molar-refractivity contribution in [1.82, 2.24) is 5.32 Å². The molecule has 0 saturated carbocycles. The molecule has 0 aromatic rings. The normalized spacial score (nSPS) is 7.71. The largest absolute Gasteiger partial charge is 0.345 e. The highest BCUT2D eigenvalue weighted by molar-refractivity contribution is 7.81. The summed E-state index contributed by atoms with van der Waals surface area (Å²) in [4.78, 5) is 1.46. The first-order valence-corrected chi connectivity index (χ1v) is 2.72. The zero-order chi connectivity index (χ0) is 5.86. The van der Waals surface area contributed by atoms with Crippen LogP contribution in [0.2, 0.25) is 0 Å². The lowest BCUT2D eigenvalue weighted by Gasteiger charge is -1.95. The molecule has 0 heterocycles. The van der Waals surface area contributed by atoms with Gasteiger partial charge >= 0.3 is 0 Å². The van der Waals surface area contributed by atoms with Crippen LogP contribution in [-0.4, -0.2) is 9.98 Å². The maximum atomic E-state index is 4.67. The fraction of sp³-hybridized carbons (Fsp3) is 0.500. The summed E-state index contributed by atoms with van der Waals surface area (Å²) in [5.74, 6) is 0. The van der Waals surface area contributed by atoms with E-state index in [2.05, 4.69) is 29.8 Å². The second-order valence-electron chi connectivity index (χ2n) is 1.24. The topological polar surface area (TPSA) is 12.0 Å². The van der Waals surface area contributed by atoms with Gasteiger partial charge in [0.1, 0.15) is 0 Å². The van der Waals surface area contributed by atoms with Crippen molar-refractivity contribution in [2.24, 2.45) is 0 Å². The van der Waals surface area contributed by atoms with E-state index < -0.39 is 0 Å². The molecule has 0 atom stereocenters. The highest BCUT2D eigenvalue weighted by Gasteiger charge is 1.82. The SMILES string of the molecule is CC(=S)NC(C)=S. The predicted molar refractivity (Wildman–Crippen MR) is 39.7 cm³/mol. The Labute approximate surface area is 54.1 Å². The van der Waals surface area contributed by atoms with E-state index >= 15 is 0 Å². The van der Waals surface area contributed by atoms with Gasteiger partial charge in [0.2, 0.25) is 0 Å². The van der Waals surface area contributed by atoms with Crippen molar-refractivity contribution in [3.05, 3.63) is 0 Å². The van der Waals surface area contributed by atoms with Crippen LogP contribution >= 0.6 is 24.4 Å². The standard InChI is InChI=1S/C4H7NS2/c1-3(6)5-4(2)7/h1-2H3,(H,5,6,7). The minimum absolute atomic E-state index is 0.729. The van der Waals surface area contributed by atoms with E-state index in [1.807, 2.05) is 0 Å². The van der Waals surface area contributed by atoms with Crippen molar-refractivity contribution in [3.63, 3.8) is 0 Å². The smallest absolute Gasteiger partial charge is 0.0769 e. The molecule has 0 unspecified atom stereocenters. The predicted octanol–water partition coefficient (Wildman–Crippen LogP) is 1.27. The summed E-state index contributed by atoms with van der Waals surface area (Å²) < 4.78 is 0. The highest BCUT2D eigenvalue weighted by Crippen LogP contribution is 1.69. The van der Waals surface area contributed by atoms with Gasteiger partial charge in [-0.25, -0.2) is 0 Å². The van der Waals surface area contributed by atoms with E-state index in [0.717, 1.165) is 9.98 Å². The molecule has 1 nitrogen and oxygen atoms in total. The number of hydrogen-bond acceptors (Lipinski definition) is 2. The Morgan fingerprint density at radius 1 is 1.14 bits per heavy atom. The van der Waals surface area contributed by atoms with Crippen LogP contribution in [-0.2, 0) is 0 Å². The third kappa shape index (κ3) is 5.98. The molecule has 0 fully saturated rings. The molecule has 0 saturated heterocycles. The van der Waals surface area contributed by atoms with Gasteiger partial charge in [-0.15, -0.1) is 0 Å². The summed E-state index contributed by atoms with van der Waals surface area (Å²) in [6.07, 6.45) is 0. The van der Waals surface area contributed by atoms with Gasteiger partial charge in [-0.05, 0) is 13.8 Å². The number of rotatable bonds is 0. The van der Waals surface area contributed by atoms with E-state index in [9.17, 15) is 0 Å². The quantitative estimate of drug-likeness (QED) is 0.500. The summed E-state index contributed by atoms with van der Waals surface area (Å²) in [5, 5.41) is 2.77. The summed E-state index contributed by atoms with van der Waals surface area (Å²) in [6, 6.07) is 0. The average Bonchev–Trinajstić information content (AvgIpc) is 1.27. The maximum Gasteiger partial charge on any atom is 0.0769 e. The van der Waals surface area contributed by atoms with Crippen LogP contribution in [0.5, 0.6) is 0 Å². The van der Waals surface area contributed by atoms with Crippen molar-refractivity contribution >= 4 is 34.4 Å². The van der Waals surface area contributed by atoms with Crippen LogP contribution in [0.25, 0.3) is 0 Å². The number of hydrogen-bond donors (Lipinski definition) is 1. The monoisotopic (exact) mass is 133 g/mol. The fourth-order valence-corrected chi connectivity index (χ4v) is 0.619. The maximum absolute atomic E-state index is 4.67. The minimum atomic E-state index is 0.729. The van der Waals surface area contributed by atoms with Gasteiger partial charge in [-0.3, -0.25) is 0 Å². The summed E-state index contributed by atoms with van der Waals surface area (Å²) in [6.45, 7) is 3.59. The molecule has 0 bridgehead atoms. The molecule has 1 N–H and O–H groups in total. The van der Waals surface area contributed by atoms with E-state index in [1.165, 1.54) is 0 Å². The third-order valence-electron chi connectivity index (χ3n) is 0.352. The molecule has 0 aromatic carbocycles. The van der Waals surface area contributed by atoms with E-state index in [1.54, 1.807) is 13.8 Å². The molecule has 40 valence electrons. The first-order chi connectivity index (χ1) is 3.13. The molecule has 3 heteroatoms. The average molecular weight is 133 g/mol. The van der Waals surface area contributed by atoms with E-state index in [-0.39, 0.29) is 0 Å². The molecule has 0 aromatic heterocycles. The summed E-state index contributed by atoms with van der Waals surface area (Å²) in [5.41, 5.74) is 0. The molecule has 0 aliphatic rings. The third-order valence-corrected chi connectivity index (χ3v) is 0.556. The van der Waals surface area contributed by atoms with Crippen LogP contribution in [0.15, 0.2) is 0 Å². The van der Waals surface area contributed by atoms with Gasteiger partial charge in [0.05, 0.1) is 9.98 Å². The molecule has 0 amide bonds. The molecule has 0 aliphatic heterocycles. The van der Waals surface area contributed by atoms with E-state index in [4.69, 9.17) is 0 Å². The van der Waals surface area contributed by atoms with E-state index in [0.29, 0.717) is 0 Å². The Morgan fingerprint density at radius 2 is 1.43 bits per heavy atom.